The molecule has 0 radical (unpaired) electrons. The molecule has 6 heteroatoms. The number of hydrogen-bond acceptors (Lipinski definition) is 4. The molecule has 2 aromatic rings. The smallest absolute Gasteiger partial charge is 0.175 e. The van der Waals surface area contributed by atoms with E-state index in [4.69, 9.17) is 9.47 Å². The molecule has 0 bridgehead atoms. The summed E-state index contributed by atoms with van der Waals surface area (Å²) in [6.45, 7) is 12.3. The Hall–Kier alpha value is -1.63. The highest BCUT2D eigenvalue weighted by Crippen LogP contribution is 2.37. The summed E-state index contributed by atoms with van der Waals surface area (Å²) in [5.74, 6) is 1.13. The molecular weight excluding hydrogens is 435 g/mol. The third-order valence-corrected chi connectivity index (χ3v) is 5.31. The third-order valence-electron chi connectivity index (χ3n) is 4.72. The summed E-state index contributed by atoms with van der Waals surface area (Å²) in [5, 5.41) is 3.50. The van der Waals surface area contributed by atoms with E-state index in [9.17, 15) is 4.39 Å². The van der Waals surface area contributed by atoms with E-state index in [2.05, 4.69) is 46.1 Å². The second-order valence-electron chi connectivity index (χ2n) is 6.81. The number of halogens is 2. The monoisotopic (exact) mass is 466 g/mol. The van der Waals surface area contributed by atoms with Gasteiger partial charge in [-0.25, -0.2) is 4.39 Å². The van der Waals surface area contributed by atoms with E-state index < -0.39 is 0 Å². The zero-order valence-corrected chi connectivity index (χ0v) is 19.2. The Morgan fingerprint density at radius 2 is 1.72 bits per heavy atom. The highest BCUT2D eigenvalue weighted by Gasteiger charge is 2.13. The van der Waals surface area contributed by atoms with Gasteiger partial charge >= 0.3 is 0 Å². The minimum atomic E-state index is -0.251. The Bertz CT molecular complexity index is 736. The van der Waals surface area contributed by atoms with Crippen molar-refractivity contribution in [3.8, 4) is 11.5 Å². The molecule has 0 saturated carbocycles. The first-order valence-electron chi connectivity index (χ1n) is 10.3. The minimum Gasteiger partial charge on any atom is -0.490 e. The van der Waals surface area contributed by atoms with Crippen LogP contribution in [0.1, 0.15) is 38.3 Å². The lowest BCUT2D eigenvalue weighted by Gasteiger charge is -2.18. The van der Waals surface area contributed by atoms with Crippen molar-refractivity contribution in [1.29, 1.82) is 0 Å². The Morgan fingerprint density at radius 1 is 1.00 bits per heavy atom. The van der Waals surface area contributed by atoms with Gasteiger partial charge in [-0.1, -0.05) is 26.0 Å². The van der Waals surface area contributed by atoms with Crippen LogP contribution in [0.25, 0.3) is 0 Å². The number of rotatable bonds is 13. The molecule has 0 aliphatic heterocycles. The molecule has 0 unspecified atom stereocenters. The molecule has 0 aliphatic carbocycles. The second kappa shape index (κ2) is 12.8. The highest BCUT2D eigenvalue weighted by molar-refractivity contribution is 9.10. The lowest BCUT2D eigenvalue weighted by atomic mass is 10.2. The van der Waals surface area contributed by atoms with Gasteiger partial charge in [0.2, 0.25) is 0 Å². The lowest BCUT2D eigenvalue weighted by Crippen LogP contribution is -2.27. The maximum Gasteiger partial charge on any atom is 0.175 e. The summed E-state index contributed by atoms with van der Waals surface area (Å²) in [6, 6.07) is 10.4. The van der Waals surface area contributed by atoms with E-state index >= 15 is 0 Å². The average Bonchev–Trinajstić information content (AvgIpc) is 2.71. The molecule has 0 aliphatic rings. The average molecular weight is 467 g/mol. The summed E-state index contributed by atoms with van der Waals surface area (Å²) in [4.78, 5) is 2.43. The molecule has 29 heavy (non-hydrogen) atoms. The van der Waals surface area contributed by atoms with E-state index in [1.807, 2.05) is 13.0 Å². The molecule has 0 spiro atoms. The largest absolute Gasteiger partial charge is 0.490 e. The normalized spacial score (nSPS) is 11.1. The van der Waals surface area contributed by atoms with Gasteiger partial charge in [-0.15, -0.1) is 0 Å². The van der Waals surface area contributed by atoms with Crippen LogP contribution in [0.15, 0.2) is 40.9 Å². The second-order valence-corrected chi connectivity index (χ2v) is 7.66. The zero-order valence-electron chi connectivity index (χ0n) is 17.6. The van der Waals surface area contributed by atoms with Gasteiger partial charge in [-0.3, -0.25) is 0 Å². The third kappa shape index (κ3) is 7.96. The van der Waals surface area contributed by atoms with E-state index in [-0.39, 0.29) is 5.82 Å². The van der Waals surface area contributed by atoms with Crippen LogP contribution in [-0.2, 0) is 13.2 Å². The van der Waals surface area contributed by atoms with Gasteiger partial charge in [0, 0.05) is 6.54 Å². The van der Waals surface area contributed by atoms with E-state index in [1.54, 1.807) is 12.1 Å². The number of nitrogens with zero attached hydrogens (tertiary/aromatic N) is 1. The molecule has 0 aromatic heterocycles. The highest BCUT2D eigenvalue weighted by atomic mass is 79.9. The Labute approximate surface area is 182 Å². The molecule has 4 nitrogen and oxygen atoms in total. The molecule has 0 saturated heterocycles. The van der Waals surface area contributed by atoms with Gasteiger partial charge in [-0.05, 0) is 90.8 Å². The van der Waals surface area contributed by atoms with Gasteiger partial charge in [-0.2, -0.15) is 0 Å². The van der Waals surface area contributed by atoms with Gasteiger partial charge in [0.15, 0.2) is 11.5 Å². The van der Waals surface area contributed by atoms with Crippen molar-refractivity contribution in [3.05, 3.63) is 57.8 Å². The van der Waals surface area contributed by atoms with Crippen LogP contribution in [0, 0.1) is 5.82 Å². The fraction of sp³-hybridized carbons (Fsp3) is 0.478. The standard InChI is InChI=1S/C23H32BrFN2O2/c1-4-27(5-2)13-7-12-26-16-19-14-21(24)23(22(15-19)28-6-3)29-17-18-8-10-20(25)11-9-18/h8-11,14-15,26H,4-7,12-13,16-17H2,1-3H3. The van der Waals surface area contributed by atoms with Crippen molar-refractivity contribution >= 4 is 15.9 Å². The fourth-order valence-corrected chi connectivity index (χ4v) is 3.67. The topological polar surface area (TPSA) is 33.7 Å². The Balaban J connectivity index is 1.94. The number of benzene rings is 2. The van der Waals surface area contributed by atoms with Crippen molar-refractivity contribution < 1.29 is 13.9 Å². The fourth-order valence-electron chi connectivity index (χ4n) is 3.06. The summed E-state index contributed by atoms with van der Waals surface area (Å²) >= 11 is 3.61. The number of ether oxygens (including phenoxy) is 2. The number of nitrogens with one attached hydrogen (secondary N) is 1. The van der Waals surface area contributed by atoms with Gasteiger partial charge in [0.1, 0.15) is 12.4 Å². The summed E-state index contributed by atoms with van der Waals surface area (Å²) < 4.78 is 25.7. The first-order chi connectivity index (χ1) is 14.1. The summed E-state index contributed by atoms with van der Waals surface area (Å²) in [7, 11) is 0. The van der Waals surface area contributed by atoms with Crippen molar-refractivity contribution in [2.24, 2.45) is 0 Å². The van der Waals surface area contributed by atoms with E-state index in [0.717, 1.165) is 54.7 Å². The zero-order chi connectivity index (χ0) is 21.1. The molecular formula is C23H32BrFN2O2. The molecule has 1 N–H and O–H groups in total. The van der Waals surface area contributed by atoms with Gasteiger partial charge < -0.3 is 19.7 Å². The maximum absolute atomic E-state index is 13.1. The van der Waals surface area contributed by atoms with Crippen molar-refractivity contribution in [2.75, 3.05) is 32.8 Å². The quantitative estimate of drug-likeness (QED) is 0.401. The first-order valence-corrected chi connectivity index (χ1v) is 11.1. The molecule has 160 valence electrons. The van der Waals surface area contributed by atoms with Crippen LogP contribution in [0.2, 0.25) is 0 Å². The number of hydrogen-bond donors (Lipinski definition) is 1. The first kappa shape index (κ1) is 23.6. The molecule has 0 fully saturated rings. The van der Waals surface area contributed by atoms with Crippen molar-refractivity contribution in [3.63, 3.8) is 0 Å². The van der Waals surface area contributed by atoms with Crippen LogP contribution < -0.4 is 14.8 Å². The van der Waals surface area contributed by atoms with Crippen LogP contribution in [-0.4, -0.2) is 37.7 Å². The SMILES string of the molecule is CCOc1cc(CNCCCN(CC)CC)cc(Br)c1OCc1ccc(F)cc1. The van der Waals surface area contributed by atoms with Crippen LogP contribution in [0.4, 0.5) is 4.39 Å². The van der Waals surface area contributed by atoms with Crippen LogP contribution in [0.3, 0.4) is 0 Å². The molecule has 0 atom stereocenters. The summed E-state index contributed by atoms with van der Waals surface area (Å²) in [5.41, 5.74) is 2.04. The van der Waals surface area contributed by atoms with Crippen molar-refractivity contribution in [1.82, 2.24) is 10.2 Å². The Morgan fingerprint density at radius 3 is 2.38 bits per heavy atom. The maximum atomic E-state index is 13.1. The van der Waals surface area contributed by atoms with Gasteiger partial charge in [0.05, 0.1) is 11.1 Å². The summed E-state index contributed by atoms with van der Waals surface area (Å²) in [6.07, 6.45) is 1.13. The van der Waals surface area contributed by atoms with E-state index in [0.29, 0.717) is 24.7 Å². The molecule has 0 amide bonds. The van der Waals surface area contributed by atoms with Crippen LogP contribution >= 0.6 is 15.9 Å². The Kier molecular flexibility index (Phi) is 10.5. The predicted molar refractivity (Wildman–Crippen MR) is 120 cm³/mol. The lowest BCUT2D eigenvalue weighted by molar-refractivity contribution is 0.267. The molecule has 0 heterocycles. The molecule has 2 aromatic carbocycles. The predicted octanol–water partition coefficient (Wildman–Crippen LogP) is 5.39. The minimum absolute atomic E-state index is 0.251. The van der Waals surface area contributed by atoms with E-state index in [1.165, 1.54) is 12.1 Å². The molecule has 2 rings (SSSR count). The van der Waals surface area contributed by atoms with Crippen molar-refractivity contribution in [2.45, 2.75) is 40.3 Å². The van der Waals surface area contributed by atoms with Crippen LogP contribution in [0.5, 0.6) is 11.5 Å². The van der Waals surface area contributed by atoms with Gasteiger partial charge in [0.25, 0.3) is 0 Å².